The van der Waals surface area contributed by atoms with Gasteiger partial charge in [0.25, 0.3) is 5.91 Å². The van der Waals surface area contributed by atoms with Crippen LogP contribution in [0.5, 0.6) is 0 Å². The molecule has 138 valence electrons. The highest BCUT2D eigenvalue weighted by Gasteiger charge is 2.37. The molecule has 0 saturated heterocycles. The Morgan fingerprint density at radius 1 is 1.46 bits per heavy atom. The Hall–Kier alpha value is -2.42. The van der Waals surface area contributed by atoms with E-state index in [1.165, 1.54) is 0 Å². The fourth-order valence-electron chi connectivity index (χ4n) is 3.69. The fraction of sp³-hybridized carbons (Fsp3) is 0.600. The van der Waals surface area contributed by atoms with E-state index in [1.807, 2.05) is 19.9 Å². The lowest BCUT2D eigenvalue weighted by molar-refractivity contribution is -0.124. The van der Waals surface area contributed by atoms with Crippen molar-refractivity contribution in [1.29, 1.82) is 5.26 Å². The first-order chi connectivity index (χ1) is 12.2. The third-order valence-corrected chi connectivity index (χ3v) is 5.40. The normalized spacial score (nSPS) is 21.9. The lowest BCUT2D eigenvalue weighted by Gasteiger charge is -2.32. The smallest absolute Gasteiger partial charge is 0.259 e. The van der Waals surface area contributed by atoms with Crippen molar-refractivity contribution in [1.82, 2.24) is 10.1 Å². The average Bonchev–Trinajstić information content (AvgIpc) is 3.37. The summed E-state index contributed by atoms with van der Waals surface area (Å²) in [5.74, 6) is 0.876. The molecule has 0 bridgehead atoms. The maximum absolute atomic E-state index is 12.9. The molecular weight excluding hydrogens is 330 g/mol. The van der Waals surface area contributed by atoms with Gasteiger partial charge in [0, 0.05) is 24.9 Å². The minimum atomic E-state index is -0.530. The molecule has 1 amide bonds. The quantitative estimate of drug-likeness (QED) is 0.808. The summed E-state index contributed by atoms with van der Waals surface area (Å²) >= 11 is 0. The highest BCUT2D eigenvalue weighted by atomic mass is 16.5. The van der Waals surface area contributed by atoms with E-state index in [4.69, 9.17) is 4.52 Å². The highest BCUT2D eigenvalue weighted by molar-refractivity contribution is 6.03. The summed E-state index contributed by atoms with van der Waals surface area (Å²) in [5, 5.41) is 13.3. The van der Waals surface area contributed by atoms with E-state index in [0.717, 1.165) is 18.5 Å². The van der Waals surface area contributed by atoms with Crippen molar-refractivity contribution in [2.75, 3.05) is 13.6 Å². The number of hydrogen-bond acceptors (Lipinski definition) is 5. The SMILES string of the molecule is Cc1onc(C2CC2)c1C(=O)N(C)CC[C@@H]1C=C(C#N)C(=O)C(C)(C)C1. The zero-order chi connectivity index (χ0) is 19.1. The molecule has 1 saturated carbocycles. The first-order valence-electron chi connectivity index (χ1n) is 9.13. The molecule has 0 aromatic carbocycles. The van der Waals surface area contributed by atoms with Gasteiger partial charge in [0.15, 0.2) is 5.78 Å². The van der Waals surface area contributed by atoms with Crippen molar-refractivity contribution in [3.05, 3.63) is 28.7 Å². The van der Waals surface area contributed by atoms with Gasteiger partial charge in [-0.05, 0) is 38.5 Å². The molecule has 1 aromatic rings. The topological polar surface area (TPSA) is 87.2 Å². The van der Waals surface area contributed by atoms with Gasteiger partial charge >= 0.3 is 0 Å². The van der Waals surface area contributed by atoms with Crippen LogP contribution in [0.4, 0.5) is 0 Å². The molecule has 1 fully saturated rings. The molecule has 0 spiro atoms. The summed E-state index contributed by atoms with van der Waals surface area (Å²) in [6.07, 6.45) is 5.30. The Morgan fingerprint density at radius 3 is 2.77 bits per heavy atom. The number of nitrogens with zero attached hydrogens (tertiary/aromatic N) is 3. The summed E-state index contributed by atoms with van der Waals surface area (Å²) in [4.78, 5) is 26.7. The third kappa shape index (κ3) is 3.44. The summed E-state index contributed by atoms with van der Waals surface area (Å²) < 4.78 is 5.25. The van der Waals surface area contributed by atoms with E-state index in [9.17, 15) is 14.9 Å². The van der Waals surface area contributed by atoms with Gasteiger partial charge < -0.3 is 9.42 Å². The molecule has 1 atom stereocenters. The number of nitriles is 1. The average molecular weight is 355 g/mol. The molecule has 3 rings (SSSR count). The lowest BCUT2D eigenvalue weighted by atomic mass is 9.71. The second kappa shape index (κ2) is 6.71. The van der Waals surface area contributed by atoms with Crippen LogP contribution >= 0.6 is 0 Å². The molecule has 6 nitrogen and oxygen atoms in total. The Balaban J connectivity index is 1.68. The second-order valence-corrected chi connectivity index (χ2v) is 8.16. The van der Waals surface area contributed by atoms with Crippen LogP contribution in [-0.2, 0) is 4.79 Å². The van der Waals surface area contributed by atoms with Crippen LogP contribution in [0.3, 0.4) is 0 Å². The number of carbonyl (C=O) groups excluding carboxylic acids is 2. The maximum Gasteiger partial charge on any atom is 0.259 e. The van der Waals surface area contributed by atoms with E-state index in [-0.39, 0.29) is 23.2 Å². The van der Waals surface area contributed by atoms with Gasteiger partial charge in [-0.25, -0.2) is 0 Å². The number of rotatable bonds is 5. The van der Waals surface area contributed by atoms with Crippen LogP contribution in [0, 0.1) is 29.6 Å². The van der Waals surface area contributed by atoms with Gasteiger partial charge in [-0.1, -0.05) is 25.1 Å². The van der Waals surface area contributed by atoms with Crippen LogP contribution < -0.4 is 0 Å². The molecular formula is C20H25N3O3. The van der Waals surface area contributed by atoms with E-state index in [2.05, 4.69) is 5.16 Å². The molecule has 1 heterocycles. The Bertz CT molecular complexity index is 809. The summed E-state index contributed by atoms with van der Waals surface area (Å²) in [6.45, 7) is 6.09. The molecule has 2 aliphatic rings. The van der Waals surface area contributed by atoms with Gasteiger partial charge in [-0.15, -0.1) is 0 Å². The van der Waals surface area contributed by atoms with E-state index < -0.39 is 5.41 Å². The number of aryl methyl sites for hydroxylation is 1. The van der Waals surface area contributed by atoms with Gasteiger partial charge in [-0.3, -0.25) is 9.59 Å². The zero-order valence-electron chi connectivity index (χ0n) is 15.8. The van der Waals surface area contributed by atoms with E-state index >= 15 is 0 Å². The van der Waals surface area contributed by atoms with Gasteiger partial charge in [-0.2, -0.15) is 5.26 Å². The number of hydrogen-bond donors (Lipinski definition) is 0. The van der Waals surface area contributed by atoms with Crippen molar-refractivity contribution in [3.8, 4) is 6.07 Å². The van der Waals surface area contributed by atoms with Crippen molar-refractivity contribution in [2.24, 2.45) is 11.3 Å². The predicted octanol–water partition coefficient (Wildman–Crippen LogP) is 3.39. The zero-order valence-corrected chi connectivity index (χ0v) is 15.8. The Kier molecular flexibility index (Phi) is 4.74. The largest absolute Gasteiger partial charge is 0.361 e. The highest BCUT2D eigenvalue weighted by Crippen LogP contribution is 2.42. The molecule has 2 aliphatic carbocycles. The van der Waals surface area contributed by atoms with Gasteiger partial charge in [0.2, 0.25) is 0 Å². The van der Waals surface area contributed by atoms with Crippen LogP contribution in [-0.4, -0.2) is 35.3 Å². The van der Waals surface area contributed by atoms with Crippen LogP contribution in [0.15, 0.2) is 16.2 Å². The van der Waals surface area contributed by atoms with Crippen LogP contribution in [0.1, 0.15) is 67.3 Å². The predicted molar refractivity (Wildman–Crippen MR) is 95.4 cm³/mol. The monoisotopic (exact) mass is 355 g/mol. The number of ketones is 1. The standard InChI is InChI=1S/C20H25N3O3/c1-12-16(17(22-26-12)14-5-6-14)19(25)23(4)8-7-13-9-15(11-21)18(24)20(2,3)10-13/h9,13-14H,5-8,10H2,1-4H3/t13-/m1/s1. The number of aromatic nitrogens is 1. The molecule has 0 radical (unpaired) electrons. The lowest BCUT2D eigenvalue weighted by Crippen LogP contribution is -2.34. The van der Waals surface area contributed by atoms with E-state index in [0.29, 0.717) is 36.6 Å². The van der Waals surface area contributed by atoms with Crippen molar-refractivity contribution in [3.63, 3.8) is 0 Å². The minimum Gasteiger partial charge on any atom is -0.361 e. The Morgan fingerprint density at radius 2 is 2.15 bits per heavy atom. The van der Waals surface area contributed by atoms with E-state index in [1.54, 1.807) is 24.9 Å². The molecule has 1 aromatic heterocycles. The van der Waals surface area contributed by atoms with Crippen molar-refractivity contribution >= 4 is 11.7 Å². The molecule has 0 N–H and O–H groups in total. The second-order valence-electron chi connectivity index (χ2n) is 8.16. The number of carbonyl (C=O) groups is 2. The summed E-state index contributed by atoms with van der Waals surface area (Å²) in [6, 6.07) is 2.02. The first-order valence-corrected chi connectivity index (χ1v) is 9.13. The van der Waals surface area contributed by atoms with Crippen LogP contribution in [0.2, 0.25) is 0 Å². The van der Waals surface area contributed by atoms with Gasteiger partial charge in [0.05, 0.1) is 11.3 Å². The number of amides is 1. The molecule has 0 unspecified atom stereocenters. The van der Waals surface area contributed by atoms with Crippen molar-refractivity contribution < 1.29 is 14.1 Å². The van der Waals surface area contributed by atoms with Crippen LogP contribution in [0.25, 0.3) is 0 Å². The minimum absolute atomic E-state index is 0.0683. The fourth-order valence-corrected chi connectivity index (χ4v) is 3.69. The molecule has 0 aliphatic heterocycles. The number of allylic oxidation sites excluding steroid dienone is 2. The molecule has 6 heteroatoms. The molecule has 26 heavy (non-hydrogen) atoms. The maximum atomic E-state index is 12.9. The van der Waals surface area contributed by atoms with Crippen molar-refractivity contribution in [2.45, 2.75) is 52.4 Å². The number of Topliss-reactive ketones (excluding diaryl/α,β-unsaturated/α-hetero) is 1. The van der Waals surface area contributed by atoms with Gasteiger partial charge in [0.1, 0.15) is 17.4 Å². The Labute approximate surface area is 153 Å². The first kappa shape index (κ1) is 18.4. The summed E-state index contributed by atoms with van der Waals surface area (Å²) in [5.41, 5.74) is 1.10. The third-order valence-electron chi connectivity index (χ3n) is 5.40. The summed E-state index contributed by atoms with van der Waals surface area (Å²) in [7, 11) is 1.78.